The molecule has 2 unspecified atom stereocenters. The first kappa shape index (κ1) is 21.1. The highest BCUT2D eigenvalue weighted by Gasteiger charge is 2.71. The van der Waals surface area contributed by atoms with Crippen LogP contribution in [0.5, 0.6) is 0 Å². The van der Waals surface area contributed by atoms with Crippen LogP contribution in [0.4, 0.5) is 5.82 Å². The number of pyridine rings is 1. The second kappa shape index (κ2) is 7.51. The van der Waals surface area contributed by atoms with E-state index in [1.165, 1.54) is 0 Å². The smallest absolute Gasteiger partial charge is 0.273 e. The summed E-state index contributed by atoms with van der Waals surface area (Å²) >= 11 is 0. The minimum Gasteiger partial charge on any atom is -0.368 e. The van der Waals surface area contributed by atoms with Gasteiger partial charge in [0.15, 0.2) is 5.69 Å². The number of carbonyl (C=O) groups excluding carboxylic acids is 1. The standard InChI is InChI=1S/C22H28N6O4S/c23-5-7-25-20-19(2-1-6-24-20)33(30,31)22-11-15-8-14(9-16(12-22)28(15)22)26-21(29)17-10-18(32-27-17)13-3-4-13/h1-2,6,10,13-16H,3-5,7-9,11-12,23H2,(H,24,25)(H,26,29). The maximum Gasteiger partial charge on any atom is 0.273 e. The van der Waals surface area contributed by atoms with E-state index in [0.29, 0.717) is 43.4 Å². The molecule has 4 fully saturated rings. The van der Waals surface area contributed by atoms with Gasteiger partial charge >= 0.3 is 0 Å². The van der Waals surface area contributed by atoms with Crippen molar-refractivity contribution in [3.63, 3.8) is 0 Å². The zero-order chi connectivity index (χ0) is 22.8. The van der Waals surface area contributed by atoms with Gasteiger partial charge in [-0.3, -0.25) is 9.69 Å². The quantitative estimate of drug-likeness (QED) is 0.517. The van der Waals surface area contributed by atoms with Crippen molar-refractivity contribution in [1.29, 1.82) is 0 Å². The van der Waals surface area contributed by atoms with Crippen LogP contribution in [-0.2, 0) is 9.84 Å². The SMILES string of the molecule is NCCNc1ncccc1S(=O)(=O)C12CC3CC(NC(=O)c4cc(C5CC5)on4)CC(C1)N32. The topological polar surface area (TPSA) is 143 Å². The van der Waals surface area contributed by atoms with E-state index in [-0.39, 0.29) is 28.9 Å². The minimum absolute atomic E-state index is 0.00556. The summed E-state index contributed by atoms with van der Waals surface area (Å²) < 4.78 is 32.7. The highest BCUT2D eigenvalue weighted by Crippen LogP contribution is 2.61. The van der Waals surface area contributed by atoms with Gasteiger partial charge in [-0.25, -0.2) is 13.4 Å². The Bertz CT molecular complexity index is 1180. The first-order valence-electron chi connectivity index (χ1n) is 11.6. The second-order valence-corrected chi connectivity index (χ2v) is 11.9. The van der Waals surface area contributed by atoms with Crippen LogP contribution in [-0.4, -0.2) is 65.5 Å². The molecule has 2 aromatic rings. The molecule has 176 valence electrons. The van der Waals surface area contributed by atoms with Crippen molar-refractivity contribution in [3.05, 3.63) is 35.9 Å². The third-order valence-corrected chi connectivity index (χ3v) is 10.0. The van der Waals surface area contributed by atoms with Crippen LogP contribution in [0.3, 0.4) is 0 Å². The predicted octanol–water partition coefficient (Wildman–Crippen LogP) is 1.23. The zero-order valence-electron chi connectivity index (χ0n) is 18.2. The molecule has 0 aromatic carbocycles. The number of piperidine rings is 2. The summed E-state index contributed by atoms with van der Waals surface area (Å²) in [6, 6.07) is 5.33. The van der Waals surface area contributed by atoms with E-state index in [9.17, 15) is 13.2 Å². The van der Waals surface area contributed by atoms with Gasteiger partial charge in [-0.2, -0.15) is 0 Å². The van der Waals surface area contributed by atoms with Crippen LogP contribution >= 0.6 is 0 Å². The Morgan fingerprint density at radius 3 is 2.73 bits per heavy atom. The van der Waals surface area contributed by atoms with Crippen LogP contribution in [0.2, 0.25) is 0 Å². The molecule has 1 saturated carbocycles. The second-order valence-electron chi connectivity index (χ2n) is 9.67. The van der Waals surface area contributed by atoms with Crippen LogP contribution in [0, 0.1) is 0 Å². The number of nitrogens with two attached hydrogens (primary N) is 1. The number of hydrogen-bond donors (Lipinski definition) is 3. The number of amides is 1. The van der Waals surface area contributed by atoms with Gasteiger partial charge in [-0.1, -0.05) is 5.16 Å². The van der Waals surface area contributed by atoms with Crippen molar-refractivity contribution in [2.75, 3.05) is 18.4 Å². The monoisotopic (exact) mass is 472 g/mol. The van der Waals surface area contributed by atoms with Gasteiger partial charge in [0.25, 0.3) is 5.91 Å². The Morgan fingerprint density at radius 2 is 2.03 bits per heavy atom. The summed E-state index contributed by atoms with van der Waals surface area (Å²) in [7, 11) is -3.60. The fourth-order valence-electron chi connectivity index (χ4n) is 5.94. The fourth-order valence-corrected chi connectivity index (χ4v) is 8.39. The van der Waals surface area contributed by atoms with Gasteiger partial charge in [0.1, 0.15) is 21.3 Å². The largest absolute Gasteiger partial charge is 0.368 e. The lowest BCUT2D eigenvalue weighted by atomic mass is 9.67. The van der Waals surface area contributed by atoms with E-state index in [2.05, 4.69) is 25.7 Å². The average Bonchev–Trinajstić information content (AvgIpc) is 3.50. The number of rotatable bonds is 8. The van der Waals surface area contributed by atoms with Crippen molar-refractivity contribution in [2.45, 2.75) is 72.3 Å². The maximum atomic E-state index is 13.7. The molecule has 2 atom stereocenters. The molecule has 6 rings (SSSR count). The molecule has 1 aliphatic carbocycles. The lowest BCUT2D eigenvalue weighted by molar-refractivity contribution is -0.176. The summed E-state index contributed by atoms with van der Waals surface area (Å²) in [5, 5.41) is 10.1. The normalized spacial score (nSPS) is 30.6. The first-order chi connectivity index (χ1) is 15.9. The summed E-state index contributed by atoms with van der Waals surface area (Å²) in [5.41, 5.74) is 5.89. The molecule has 3 aliphatic heterocycles. The van der Waals surface area contributed by atoms with Gasteiger partial charge in [-0.05, 0) is 50.7 Å². The summed E-state index contributed by atoms with van der Waals surface area (Å²) in [6.45, 7) is 0.845. The van der Waals surface area contributed by atoms with E-state index >= 15 is 0 Å². The van der Waals surface area contributed by atoms with Crippen LogP contribution < -0.4 is 16.4 Å². The Labute approximate surface area is 192 Å². The van der Waals surface area contributed by atoms with E-state index in [4.69, 9.17) is 10.3 Å². The number of aromatic nitrogens is 2. The molecule has 0 radical (unpaired) electrons. The summed E-state index contributed by atoms with van der Waals surface area (Å²) in [4.78, 5) is 18.4. The van der Waals surface area contributed by atoms with Crippen molar-refractivity contribution >= 4 is 21.6 Å². The average molecular weight is 473 g/mol. The van der Waals surface area contributed by atoms with Gasteiger partial charge in [-0.15, -0.1) is 0 Å². The Hall–Kier alpha value is -2.50. The van der Waals surface area contributed by atoms with E-state index in [1.54, 1.807) is 24.4 Å². The minimum atomic E-state index is -3.60. The number of hydrogen-bond acceptors (Lipinski definition) is 9. The molecule has 2 aromatic heterocycles. The van der Waals surface area contributed by atoms with Crippen LogP contribution in [0.1, 0.15) is 60.7 Å². The van der Waals surface area contributed by atoms with E-state index in [0.717, 1.165) is 31.4 Å². The van der Waals surface area contributed by atoms with E-state index in [1.807, 2.05) is 0 Å². The molecular formula is C22H28N6O4S. The third-order valence-electron chi connectivity index (χ3n) is 7.55. The number of carbonyl (C=O) groups is 1. The third kappa shape index (κ3) is 3.20. The lowest BCUT2D eigenvalue weighted by Gasteiger charge is -2.72. The van der Waals surface area contributed by atoms with Gasteiger partial charge in [0, 0.05) is 49.4 Å². The Kier molecular flexibility index (Phi) is 4.79. The van der Waals surface area contributed by atoms with Crippen molar-refractivity contribution < 1.29 is 17.7 Å². The lowest BCUT2D eigenvalue weighted by Crippen LogP contribution is -2.84. The highest BCUT2D eigenvalue weighted by molar-refractivity contribution is 7.93. The fraction of sp³-hybridized carbons (Fsp3) is 0.591. The van der Waals surface area contributed by atoms with Gasteiger partial charge < -0.3 is 20.9 Å². The molecule has 5 heterocycles. The number of nitrogens with zero attached hydrogens (tertiary/aromatic N) is 3. The summed E-state index contributed by atoms with van der Waals surface area (Å²) in [6.07, 6.45) is 6.37. The van der Waals surface area contributed by atoms with Crippen molar-refractivity contribution in [3.8, 4) is 0 Å². The van der Waals surface area contributed by atoms with Gasteiger partial charge in [0.05, 0.1) is 0 Å². The molecule has 0 bridgehead atoms. The Balaban J connectivity index is 1.14. The molecule has 11 heteroatoms. The summed E-state index contributed by atoms with van der Waals surface area (Å²) in [5.74, 6) is 1.35. The number of sulfone groups is 1. The predicted molar refractivity (Wildman–Crippen MR) is 119 cm³/mol. The first-order valence-corrected chi connectivity index (χ1v) is 13.1. The molecule has 3 saturated heterocycles. The number of nitrogens with one attached hydrogen (secondary N) is 2. The highest BCUT2D eigenvalue weighted by atomic mass is 32.2. The van der Waals surface area contributed by atoms with Crippen LogP contribution in [0.15, 0.2) is 33.8 Å². The van der Waals surface area contributed by atoms with Gasteiger partial charge in [0.2, 0.25) is 9.84 Å². The van der Waals surface area contributed by atoms with E-state index < -0.39 is 14.7 Å². The molecule has 1 amide bonds. The zero-order valence-corrected chi connectivity index (χ0v) is 19.1. The molecule has 0 spiro atoms. The molecule has 33 heavy (non-hydrogen) atoms. The number of anilines is 1. The Morgan fingerprint density at radius 1 is 1.27 bits per heavy atom. The maximum absolute atomic E-state index is 13.7. The van der Waals surface area contributed by atoms with Crippen molar-refractivity contribution in [1.82, 2.24) is 20.4 Å². The van der Waals surface area contributed by atoms with Crippen LogP contribution in [0.25, 0.3) is 0 Å². The van der Waals surface area contributed by atoms with Crippen molar-refractivity contribution in [2.24, 2.45) is 5.73 Å². The molecular weight excluding hydrogens is 444 g/mol. The molecule has 10 nitrogen and oxygen atoms in total. The molecule has 4 aliphatic rings. The molecule has 4 N–H and O–H groups in total.